The Kier molecular flexibility index (Phi) is 5.93. The normalized spacial score (nSPS) is 21.0. The molecule has 1 amide bonds. The minimum Gasteiger partial charge on any atom is -0.341 e. The van der Waals surface area contributed by atoms with E-state index in [1.54, 1.807) is 0 Å². The van der Waals surface area contributed by atoms with Crippen molar-refractivity contribution < 1.29 is 13.2 Å². The third-order valence-corrected chi connectivity index (χ3v) is 4.10. The number of piperidine rings is 1. The lowest BCUT2D eigenvalue weighted by molar-refractivity contribution is -0.138. The molecule has 20 heavy (non-hydrogen) atoms. The van der Waals surface area contributed by atoms with Crippen LogP contribution in [0.2, 0.25) is 0 Å². The van der Waals surface area contributed by atoms with Gasteiger partial charge in [0.05, 0.1) is 5.54 Å². The van der Waals surface area contributed by atoms with E-state index in [-0.39, 0.29) is 18.4 Å². The van der Waals surface area contributed by atoms with Gasteiger partial charge in [-0.15, -0.1) is 0 Å². The van der Waals surface area contributed by atoms with E-state index < -0.39 is 15.7 Å². The zero-order valence-electron chi connectivity index (χ0n) is 12.5. The van der Waals surface area contributed by atoms with Crippen molar-refractivity contribution in [3.05, 3.63) is 0 Å². The van der Waals surface area contributed by atoms with Crippen molar-refractivity contribution in [2.75, 3.05) is 26.2 Å². The molecular formula is C12H26N4O3S. The van der Waals surface area contributed by atoms with Crippen molar-refractivity contribution in [1.82, 2.24) is 14.9 Å². The average molecular weight is 306 g/mol. The van der Waals surface area contributed by atoms with Crippen LogP contribution >= 0.6 is 0 Å². The monoisotopic (exact) mass is 306 g/mol. The average Bonchev–Trinajstić information content (AvgIpc) is 2.35. The molecule has 1 fully saturated rings. The predicted octanol–water partition coefficient (Wildman–Crippen LogP) is -0.594. The quantitative estimate of drug-likeness (QED) is 0.610. The van der Waals surface area contributed by atoms with Crippen molar-refractivity contribution in [2.45, 2.75) is 39.2 Å². The van der Waals surface area contributed by atoms with Gasteiger partial charge in [-0.1, -0.05) is 6.92 Å². The van der Waals surface area contributed by atoms with Crippen LogP contribution in [0.3, 0.4) is 0 Å². The summed E-state index contributed by atoms with van der Waals surface area (Å²) in [4.78, 5) is 14.3. The maximum absolute atomic E-state index is 12.5. The van der Waals surface area contributed by atoms with Crippen LogP contribution in [0.25, 0.3) is 0 Å². The molecule has 0 aromatic heterocycles. The van der Waals surface area contributed by atoms with E-state index in [4.69, 9.17) is 5.14 Å². The Morgan fingerprint density at radius 2 is 2.10 bits per heavy atom. The molecule has 1 aliphatic rings. The van der Waals surface area contributed by atoms with Gasteiger partial charge in [-0.2, -0.15) is 8.42 Å². The van der Waals surface area contributed by atoms with Crippen LogP contribution in [0.5, 0.6) is 0 Å². The van der Waals surface area contributed by atoms with Gasteiger partial charge in [0.15, 0.2) is 0 Å². The van der Waals surface area contributed by atoms with Gasteiger partial charge < -0.3 is 10.2 Å². The Morgan fingerprint density at radius 3 is 2.65 bits per heavy atom. The smallest absolute Gasteiger partial charge is 0.274 e. The van der Waals surface area contributed by atoms with Crippen LogP contribution in [-0.2, 0) is 15.0 Å². The van der Waals surface area contributed by atoms with Gasteiger partial charge >= 0.3 is 0 Å². The molecule has 0 radical (unpaired) electrons. The molecule has 1 atom stereocenters. The highest BCUT2D eigenvalue weighted by molar-refractivity contribution is 7.87. The van der Waals surface area contributed by atoms with Crippen molar-refractivity contribution in [3.63, 3.8) is 0 Å². The Hall–Kier alpha value is -0.700. The molecule has 0 aromatic rings. The summed E-state index contributed by atoms with van der Waals surface area (Å²) >= 11 is 0. The number of nitrogens with two attached hydrogens (primary N) is 1. The molecule has 118 valence electrons. The number of hydrogen-bond donors (Lipinski definition) is 3. The van der Waals surface area contributed by atoms with E-state index in [9.17, 15) is 13.2 Å². The minimum absolute atomic E-state index is 0.0552. The zero-order valence-corrected chi connectivity index (χ0v) is 13.3. The van der Waals surface area contributed by atoms with Gasteiger partial charge in [0.1, 0.15) is 0 Å². The number of hydrogen-bond acceptors (Lipinski definition) is 4. The maximum Gasteiger partial charge on any atom is 0.274 e. The lowest BCUT2D eigenvalue weighted by Crippen LogP contribution is -2.56. The lowest BCUT2D eigenvalue weighted by Gasteiger charge is -2.38. The number of nitrogens with zero attached hydrogens (tertiary/aromatic N) is 1. The summed E-state index contributed by atoms with van der Waals surface area (Å²) < 4.78 is 24.1. The molecule has 7 nitrogen and oxygen atoms in total. The van der Waals surface area contributed by atoms with Crippen molar-refractivity contribution in [1.29, 1.82) is 0 Å². The molecule has 8 heteroatoms. The molecule has 1 rings (SSSR count). The number of amides is 1. The molecule has 4 N–H and O–H groups in total. The van der Waals surface area contributed by atoms with Gasteiger partial charge in [0.25, 0.3) is 10.2 Å². The van der Waals surface area contributed by atoms with Gasteiger partial charge in [-0.3, -0.25) is 4.79 Å². The fourth-order valence-corrected chi connectivity index (χ4v) is 3.03. The van der Waals surface area contributed by atoms with Crippen molar-refractivity contribution in [3.8, 4) is 0 Å². The largest absolute Gasteiger partial charge is 0.341 e. The summed E-state index contributed by atoms with van der Waals surface area (Å²) in [6.07, 6.45) is 1.78. The minimum atomic E-state index is -3.66. The van der Waals surface area contributed by atoms with Crippen LogP contribution in [0, 0.1) is 5.92 Å². The Labute approximate surface area is 121 Å². The first-order valence-electron chi connectivity index (χ1n) is 6.97. The molecule has 0 aromatic carbocycles. The molecule has 1 aliphatic heterocycles. The van der Waals surface area contributed by atoms with Gasteiger partial charge in [-0.05, 0) is 39.2 Å². The SMILES string of the molecule is CCNC(C)(C)C(=O)N1CCCC(CNS(N)(=O)=O)C1. The fraction of sp³-hybridized carbons (Fsp3) is 0.917. The number of nitrogens with one attached hydrogen (secondary N) is 2. The maximum atomic E-state index is 12.5. The van der Waals surface area contributed by atoms with Gasteiger partial charge in [0, 0.05) is 19.6 Å². The highest BCUT2D eigenvalue weighted by atomic mass is 32.2. The first-order chi connectivity index (χ1) is 9.15. The van der Waals surface area contributed by atoms with Crippen molar-refractivity contribution in [2.24, 2.45) is 11.1 Å². The molecule has 1 saturated heterocycles. The highest BCUT2D eigenvalue weighted by Crippen LogP contribution is 2.19. The summed E-state index contributed by atoms with van der Waals surface area (Å²) in [6.45, 7) is 7.99. The van der Waals surface area contributed by atoms with E-state index in [1.165, 1.54) is 0 Å². The standard InChI is InChI=1S/C12H26N4O3S/c1-4-14-12(2,3)11(17)16-7-5-6-10(9-16)8-15-20(13,18)19/h10,14-15H,4-9H2,1-3H3,(H2,13,18,19). The van der Waals surface area contributed by atoms with Gasteiger partial charge in [0.2, 0.25) is 5.91 Å². The number of likely N-dealkylation sites (tertiary alicyclic amines) is 1. The van der Waals surface area contributed by atoms with Crippen LogP contribution in [0.1, 0.15) is 33.6 Å². The second kappa shape index (κ2) is 6.84. The number of likely N-dealkylation sites (N-methyl/N-ethyl adjacent to an activating group) is 1. The van der Waals surface area contributed by atoms with E-state index in [1.807, 2.05) is 25.7 Å². The molecule has 1 heterocycles. The number of rotatable bonds is 6. The van der Waals surface area contributed by atoms with E-state index >= 15 is 0 Å². The fourth-order valence-electron chi connectivity index (χ4n) is 2.56. The summed E-state index contributed by atoms with van der Waals surface area (Å²) in [5.41, 5.74) is -0.593. The van der Waals surface area contributed by atoms with Crippen LogP contribution in [0.15, 0.2) is 0 Å². The van der Waals surface area contributed by atoms with E-state index in [2.05, 4.69) is 10.0 Å². The summed E-state index contributed by atoms with van der Waals surface area (Å²) in [5.74, 6) is 0.170. The second-order valence-corrected chi connectivity index (χ2v) is 7.19. The molecule has 0 spiro atoms. The third-order valence-electron chi connectivity index (χ3n) is 3.53. The topological polar surface area (TPSA) is 105 Å². The molecule has 0 aliphatic carbocycles. The molecular weight excluding hydrogens is 280 g/mol. The third kappa shape index (κ3) is 5.35. The first-order valence-corrected chi connectivity index (χ1v) is 8.52. The molecule has 0 bridgehead atoms. The lowest BCUT2D eigenvalue weighted by atomic mass is 9.95. The Balaban J connectivity index is 2.58. The first kappa shape index (κ1) is 17.4. The van der Waals surface area contributed by atoms with Crippen LogP contribution in [-0.4, -0.2) is 50.9 Å². The number of carbonyl (C=O) groups excluding carboxylic acids is 1. The van der Waals surface area contributed by atoms with E-state index in [0.717, 1.165) is 25.9 Å². The van der Waals surface area contributed by atoms with Gasteiger partial charge in [-0.25, -0.2) is 9.86 Å². The second-order valence-electron chi connectivity index (χ2n) is 5.81. The Bertz CT molecular complexity index is 436. The van der Waals surface area contributed by atoms with Crippen LogP contribution in [0.4, 0.5) is 0 Å². The highest BCUT2D eigenvalue weighted by Gasteiger charge is 2.33. The van der Waals surface area contributed by atoms with Crippen LogP contribution < -0.4 is 15.2 Å². The van der Waals surface area contributed by atoms with Crippen molar-refractivity contribution >= 4 is 16.1 Å². The summed E-state index contributed by atoms with van der Waals surface area (Å²) in [5, 5.41) is 8.09. The predicted molar refractivity (Wildman–Crippen MR) is 78.2 cm³/mol. The van der Waals surface area contributed by atoms with E-state index in [0.29, 0.717) is 6.54 Å². The summed E-state index contributed by atoms with van der Waals surface area (Å²) in [6, 6.07) is 0. The number of carbonyl (C=O) groups is 1. The zero-order chi connectivity index (χ0) is 15.4. The Morgan fingerprint density at radius 1 is 1.45 bits per heavy atom. The molecule has 1 unspecified atom stereocenters. The summed E-state index contributed by atoms with van der Waals surface area (Å²) in [7, 11) is -3.66. The molecule has 0 saturated carbocycles.